The van der Waals surface area contributed by atoms with Crippen LogP contribution in [0.15, 0.2) is 54.6 Å². The molecule has 118 valence electrons. The van der Waals surface area contributed by atoms with Crippen LogP contribution in [0.2, 0.25) is 0 Å². The van der Waals surface area contributed by atoms with Crippen molar-refractivity contribution in [2.24, 2.45) is 0 Å². The SMILES string of the molecule is O=S(=O)(CCc1ccccc1F)NCCCc1ccccc1. The molecule has 0 aromatic heterocycles. The van der Waals surface area contributed by atoms with Gasteiger partial charge in [0.05, 0.1) is 5.75 Å². The molecule has 0 aliphatic carbocycles. The first-order valence-electron chi connectivity index (χ1n) is 7.31. The molecule has 0 bridgehead atoms. The van der Waals surface area contributed by atoms with Gasteiger partial charge in [-0.15, -0.1) is 0 Å². The van der Waals surface area contributed by atoms with Crippen molar-refractivity contribution in [3.8, 4) is 0 Å². The second kappa shape index (κ2) is 8.06. The van der Waals surface area contributed by atoms with E-state index in [-0.39, 0.29) is 18.0 Å². The molecule has 5 heteroatoms. The van der Waals surface area contributed by atoms with Crippen LogP contribution in [0.25, 0.3) is 0 Å². The summed E-state index contributed by atoms with van der Waals surface area (Å²) in [5, 5.41) is 0. The van der Waals surface area contributed by atoms with Gasteiger partial charge in [0.15, 0.2) is 0 Å². The van der Waals surface area contributed by atoms with Crippen LogP contribution < -0.4 is 4.72 Å². The highest BCUT2D eigenvalue weighted by Crippen LogP contribution is 2.08. The smallest absolute Gasteiger partial charge is 0.211 e. The second-order valence-corrected chi connectivity index (χ2v) is 7.07. The Morgan fingerprint density at radius 3 is 2.32 bits per heavy atom. The molecule has 2 rings (SSSR count). The third-order valence-electron chi connectivity index (χ3n) is 3.40. The molecular formula is C17H20FNO2S. The molecule has 0 saturated carbocycles. The van der Waals surface area contributed by atoms with Crippen molar-refractivity contribution in [2.75, 3.05) is 12.3 Å². The lowest BCUT2D eigenvalue weighted by Gasteiger charge is -2.07. The molecule has 3 nitrogen and oxygen atoms in total. The molecule has 0 radical (unpaired) electrons. The molecular weight excluding hydrogens is 301 g/mol. The average molecular weight is 321 g/mol. The van der Waals surface area contributed by atoms with Crippen LogP contribution in [0.5, 0.6) is 0 Å². The molecule has 0 aliphatic heterocycles. The summed E-state index contributed by atoms with van der Waals surface area (Å²) in [4.78, 5) is 0. The fourth-order valence-electron chi connectivity index (χ4n) is 2.18. The molecule has 0 fully saturated rings. The van der Waals surface area contributed by atoms with Gasteiger partial charge in [0.2, 0.25) is 10.0 Å². The average Bonchev–Trinajstić information content (AvgIpc) is 2.52. The van der Waals surface area contributed by atoms with Crippen LogP contribution in [0.4, 0.5) is 4.39 Å². The largest absolute Gasteiger partial charge is 0.215 e. The first-order chi connectivity index (χ1) is 10.6. The summed E-state index contributed by atoms with van der Waals surface area (Å²) in [6, 6.07) is 16.2. The monoisotopic (exact) mass is 321 g/mol. The van der Waals surface area contributed by atoms with Gasteiger partial charge in [-0.3, -0.25) is 0 Å². The Morgan fingerprint density at radius 2 is 1.59 bits per heavy atom. The normalized spacial score (nSPS) is 11.5. The summed E-state index contributed by atoms with van der Waals surface area (Å²) >= 11 is 0. The highest BCUT2D eigenvalue weighted by atomic mass is 32.2. The predicted molar refractivity (Wildman–Crippen MR) is 86.7 cm³/mol. The lowest BCUT2D eigenvalue weighted by atomic mass is 10.1. The zero-order chi connectivity index (χ0) is 15.8. The van der Waals surface area contributed by atoms with Gasteiger partial charge in [-0.25, -0.2) is 17.5 Å². The van der Waals surface area contributed by atoms with Crippen molar-refractivity contribution in [1.29, 1.82) is 0 Å². The lowest BCUT2D eigenvalue weighted by Crippen LogP contribution is -2.28. The van der Waals surface area contributed by atoms with Crippen molar-refractivity contribution in [3.63, 3.8) is 0 Å². The Hall–Kier alpha value is -1.72. The van der Waals surface area contributed by atoms with Gasteiger partial charge in [-0.1, -0.05) is 48.5 Å². The van der Waals surface area contributed by atoms with Crippen LogP contribution in [0.1, 0.15) is 17.5 Å². The number of hydrogen-bond acceptors (Lipinski definition) is 2. The summed E-state index contributed by atoms with van der Waals surface area (Å²) < 4.78 is 39.8. The van der Waals surface area contributed by atoms with Crippen molar-refractivity contribution in [1.82, 2.24) is 4.72 Å². The quantitative estimate of drug-likeness (QED) is 0.760. The Bertz CT molecular complexity index is 687. The Morgan fingerprint density at radius 1 is 0.909 bits per heavy atom. The summed E-state index contributed by atoms with van der Waals surface area (Å²) in [6.45, 7) is 0.397. The number of aryl methyl sites for hydroxylation is 2. The van der Waals surface area contributed by atoms with Crippen molar-refractivity contribution < 1.29 is 12.8 Å². The fourth-order valence-corrected chi connectivity index (χ4v) is 3.27. The number of nitrogens with one attached hydrogen (secondary N) is 1. The van der Waals surface area contributed by atoms with Crippen LogP contribution in [0.3, 0.4) is 0 Å². The maximum absolute atomic E-state index is 13.4. The van der Waals surface area contributed by atoms with Gasteiger partial charge in [-0.05, 0) is 36.5 Å². The van der Waals surface area contributed by atoms with E-state index in [1.807, 2.05) is 30.3 Å². The summed E-state index contributed by atoms with van der Waals surface area (Å²) in [5.74, 6) is -0.457. The first kappa shape index (κ1) is 16.6. The molecule has 0 saturated heterocycles. The van der Waals surface area contributed by atoms with Crippen LogP contribution >= 0.6 is 0 Å². The number of hydrogen-bond donors (Lipinski definition) is 1. The van der Waals surface area contributed by atoms with E-state index >= 15 is 0 Å². The van der Waals surface area contributed by atoms with Gasteiger partial charge in [-0.2, -0.15) is 0 Å². The summed E-state index contributed by atoms with van der Waals surface area (Å²) in [7, 11) is -3.37. The highest BCUT2D eigenvalue weighted by molar-refractivity contribution is 7.89. The van der Waals surface area contributed by atoms with E-state index in [0.29, 0.717) is 12.1 Å². The summed E-state index contributed by atoms with van der Waals surface area (Å²) in [6.07, 6.45) is 1.75. The van der Waals surface area contributed by atoms with Gasteiger partial charge in [0.25, 0.3) is 0 Å². The van der Waals surface area contributed by atoms with Crippen molar-refractivity contribution in [3.05, 3.63) is 71.5 Å². The van der Waals surface area contributed by atoms with E-state index in [0.717, 1.165) is 12.8 Å². The van der Waals surface area contributed by atoms with Gasteiger partial charge in [0.1, 0.15) is 5.82 Å². The molecule has 2 aromatic rings. The molecule has 22 heavy (non-hydrogen) atoms. The lowest BCUT2D eigenvalue weighted by molar-refractivity contribution is 0.576. The maximum atomic E-state index is 13.4. The zero-order valence-electron chi connectivity index (χ0n) is 12.3. The molecule has 0 spiro atoms. The van der Waals surface area contributed by atoms with Crippen LogP contribution in [-0.4, -0.2) is 20.7 Å². The van der Waals surface area contributed by atoms with E-state index in [1.165, 1.54) is 11.6 Å². The third-order valence-corrected chi connectivity index (χ3v) is 4.79. The standard InChI is InChI=1S/C17H20FNO2S/c18-17-11-5-4-10-16(17)12-14-22(20,21)19-13-6-9-15-7-2-1-3-8-15/h1-5,7-8,10-11,19H,6,9,12-14H2. The fraction of sp³-hybridized carbons (Fsp3) is 0.294. The van der Waals surface area contributed by atoms with E-state index in [1.54, 1.807) is 18.2 Å². The number of rotatable bonds is 8. The highest BCUT2D eigenvalue weighted by Gasteiger charge is 2.11. The summed E-state index contributed by atoms with van der Waals surface area (Å²) in [5.41, 5.74) is 1.62. The topological polar surface area (TPSA) is 46.2 Å². The molecule has 0 atom stereocenters. The minimum Gasteiger partial charge on any atom is -0.215 e. The van der Waals surface area contributed by atoms with Crippen molar-refractivity contribution in [2.45, 2.75) is 19.3 Å². The predicted octanol–water partition coefficient (Wildman–Crippen LogP) is 2.92. The van der Waals surface area contributed by atoms with Crippen LogP contribution in [-0.2, 0) is 22.9 Å². The number of sulfonamides is 1. The molecule has 0 heterocycles. The molecule has 1 N–H and O–H groups in total. The number of halogens is 1. The first-order valence-corrected chi connectivity index (χ1v) is 8.97. The Kier molecular flexibility index (Phi) is 6.10. The number of benzene rings is 2. The Labute approximate surface area is 131 Å². The van der Waals surface area contributed by atoms with Gasteiger partial charge < -0.3 is 0 Å². The van der Waals surface area contributed by atoms with E-state index in [4.69, 9.17) is 0 Å². The molecule has 0 unspecified atom stereocenters. The van der Waals surface area contributed by atoms with Crippen LogP contribution in [0, 0.1) is 5.82 Å². The third kappa shape index (κ3) is 5.58. The Balaban J connectivity index is 1.73. The second-order valence-electron chi connectivity index (χ2n) is 5.14. The zero-order valence-corrected chi connectivity index (χ0v) is 13.2. The molecule has 2 aromatic carbocycles. The van der Waals surface area contributed by atoms with Crippen molar-refractivity contribution >= 4 is 10.0 Å². The maximum Gasteiger partial charge on any atom is 0.211 e. The van der Waals surface area contributed by atoms with Gasteiger partial charge >= 0.3 is 0 Å². The molecule has 0 aliphatic rings. The van der Waals surface area contributed by atoms with E-state index in [9.17, 15) is 12.8 Å². The molecule has 0 amide bonds. The minimum atomic E-state index is -3.37. The van der Waals surface area contributed by atoms with Gasteiger partial charge in [0, 0.05) is 6.54 Å². The van der Waals surface area contributed by atoms with E-state index in [2.05, 4.69) is 4.72 Å². The minimum absolute atomic E-state index is 0.0979. The van der Waals surface area contributed by atoms with E-state index < -0.39 is 10.0 Å².